The largest absolute Gasteiger partial charge is 0.493 e. The molecule has 0 aromatic heterocycles. The zero-order valence-electron chi connectivity index (χ0n) is 18.5. The summed E-state index contributed by atoms with van der Waals surface area (Å²) >= 11 is 0. The molecule has 0 aliphatic carbocycles. The molecule has 5 nitrogen and oxygen atoms in total. The van der Waals surface area contributed by atoms with E-state index in [1.54, 1.807) is 19.2 Å². The van der Waals surface area contributed by atoms with Crippen molar-refractivity contribution >= 4 is 17.5 Å². The Morgan fingerprint density at radius 2 is 1.78 bits per heavy atom. The third-order valence-corrected chi connectivity index (χ3v) is 6.77. The predicted octanol–water partition coefficient (Wildman–Crippen LogP) is 6.24. The highest BCUT2D eigenvalue weighted by atomic mass is 16.5. The van der Waals surface area contributed by atoms with Crippen molar-refractivity contribution in [2.24, 2.45) is 5.18 Å². The number of hydrogen-bond donors (Lipinski definition) is 0. The van der Waals surface area contributed by atoms with Crippen LogP contribution in [-0.4, -0.2) is 19.4 Å². The van der Waals surface area contributed by atoms with E-state index in [1.165, 1.54) is 16.8 Å². The monoisotopic (exact) mass is 426 g/mol. The van der Waals surface area contributed by atoms with Gasteiger partial charge in [0.25, 0.3) is 0 Å². The highest BCUT2D eigenvalue weighted by Crippen LogP contribution is 2.56. The molecular formula is C27H26N2O3. The molecule has 0 radical (unpaired) electrons. The molecule has 0 bridgehead atoms. The second kappa shape index (κ2) is 7.52. The van der Waals surface area contributed by atoms with Crippen LogP contribution in [0.1, 0.15) is 30.5 Å². The van der Waals surface area contributed by atoms with Crippen molar-refractivity contribution in [1.29, 1.82) is 0 Å². The van der Waals surface area contributed by atoms with Gasteiger partial charge in [-0.2, -0.15) is 0 Å². The molecule has 1 unspecified atom stereocenters. The summed E-state index contributed by atoms with van der Waals surface area (Å²) in [6.45, 7) is 5.23. The van der Waals surface area contributed by atoms with Crippen LogP contribution in [0, 0.1) is 4.91 Å². The Kier molecular flexibility index (Phi) is 4.77. The summed E-state index contributed by atoms with van der Waals surface area (Å²) in [5, 5.41) is 3.09. The number of para-hydroxylation sites is 1. The lowest BCUT2D eigenvalue weighted by Gasteiger charge is -2.47. The van der Waals surface area contributed by atoms with E-state index in [0.717, 1.165) is 18.5 Å². The molecular weight excluding hydrogens is 400 g/mol. The molecule has 0 N–H and O–H groups in total. The lowest BCUT2D eigenvalue weighted by Crippen LogP contribution is -2.60. The van der Waals surface area contributed by atoms with Gasteiger partial charge in [0.15, 0.2) is 11.5 Å². The molecule has 0 saturated carbocycles. The van der Waals surface area contributed by atoms with E-state index in [-0.39, 0.29) is 5.41 Å². The van der Waals surface area contributed by atoms with E-state index in [1.807, 2.05) is 12.1 Å². The molecule has 3 aromatic rings. The van der Waals surface area contributed by atoms with Gasteiger partial charge in [-0.15, -0.1) is 4.91 Å². The maximum absolute atomic E-state index is 11.2. The molecule has 3 aromatic carbocycles. The Bertz CT molecular complexity index is 1200. The second-order valence-electron chi connectivity index (χ2n) is 8.82. The summed E-state index contributed by atoms with van der Waals surface area (Å²) in [5.74, 6) is 1.14. The quantitative estimate of drug-likeness (QED) is 0.454. The molecule has 162 valence electrons. The molecule has 1 spiro atoms. The average Bonchev–Trinajstić information content (AvgIpc) is 3.01. The minimum Gasteiger partial charge on any atom is -0.493 e. The van der Waals surface area contributed by atoms with Crippen LogP contribution in [-0.2, 0) is 11.8 Å². The first-order valence-corrected chi connectivity index (χ1v) is 10.8. The number of methoxy groups -OCH3 is 1. The van der Waals surface area contributed by atoms with E-state index in [4.69, 9.17) is 9.47 Å². The molecule has 0 saturated heterocycles. The third kappa shape index (κ3) is 2.92. The molecule has 2 heterocycles. The zero-order valence-corrected chi connectivity index (χ0v) is 18.5. The summed E-state index contributed by atoms with van der Waals surface area (Å²) in [6.07, 6.45) is 5.04. The van der Waals surface area contributed by atoms with E-state index in [2.05, 4.69) is 78.5 Å². The number of anilines is 1. The highest BCUT2D eigenvalue weighted by Gasteiger charge is 2.58. The maximum Gasteiger partial charge on any atom is 0.212 e. The fraction of sp³-hybridized carbons (Fsp3) is 0.259. The number of nitrogens with zero attached hydrogens (tertiary/aromatic N) is 2. The predicted molar refractivity (Wildman–Crippen MR) is 128 cm³/mol. The summed E-state index contributed by atoms with van der Waals surface area (Å²) in [6, 6.07) is 22.4. The fourth-order valence-electron chi connectivity index (χ4n) is 5.04. The normalized spacial score (nSPS) is 19.9. The van der Waals surface area contributed by atoms with Crippen molar-refractivity contribution in [1.82, 2.24) is 0 Å². The van der Waals surface area contributed by atoms with Gasteiger partial charge in [-0.3, -0.25) is 0 Å². The van der Waals surface area contributed by atoms with Crippen LogP contribution in [0.2, 0.25) is 0 Å². The summed E-state index contributed by atoms with van der Waals surface area (Å²) in [5.41, 5.74) is 3.74. The number of ether oxygens (including phenoxy) is 2. The Morgan fingerprint density at radius 1 is 1.03 bits per heavy atom. The van der Waals surface area contributed by atoms with Gasteiger partial charge in [-0.25, -0.2) is 0 Å². The van der Waals surface area contributed by atoms with Crippen LogP contribution < -0.4 is 14.4 Å². The van der Waals surface area contributed by atoms with Crippen LogP contribution >= 0.6 is 0 Å². The number of benzene rings is 3. The summed E-state index contributed by atoms with van der Waals surface area (Å²) in [4.78, 5) is 13.5. The van der Waals surface area contributed by atoms with Gasteiger partial charge in [0.1, 0.15) is 5.69 Å². The first-order valence-electron chi connectivity index (χ1n) is 10.8. The number of hydrogen-bond acceptors (Lipinski definition) is 5. The molecule has 0 amide bonds. The van der Waals surface area contributed by atoms with Crippen LogP contribution in [0.15, 0.2) is 78.0 Å². The zero-order chi connectivity index (χ0) is 22.3. The Labute approximate surface area is 188 Å². The maximum atomic E-state index is 11.2. The smallest absolute Gasteiger partial charge is 0.212 e. The molecule has 2 aliphatic heterocycles. The van der Waals surface area contributed by atoms with Gasteiger partial charge in [-0.1, -0.05) is 48.5 Å². The number of rotatable bonds is 5. The van der Waals surface area contributed by atoms with Crippen LogP contribution in [0.25, 0.3) is 6.08 Å². The van der Waals surface area contributed by atoms with E-state index in [9.17, 15) is 4.91 Å². The standard InChI is InChI=1S/C27H26N2O3/c1-26(2)22-11-7-8-12-23(22)29(16-14-19-9-5-4-6-10-19)27(26)15-13-20-17-21(28-30)18-24(31-3)25(20)32-27/h4-13,15,17-18H,14,16H2,1-3H3. The SMILES string of the molecule is COc1cc(N=O)cc2c1OC1(C=C2)N(CCc2ccccc2)c2ccccc2C1(C)C. The molecule has 5 rings (SSSR count). The van der Waals surface area contributed by atoms with Crippen LogP contribution in [0.3, 0.4) is 0 Å². The summed E-state index contributed by atoms with van der Waals surface area (Å²) in [7, 11) is 1.58. The average molecular weight is 427 g/mol. The topological polar surface area (TPSA) is 51.1 Å². The lowest BCUT2D eigenvalue weighted by atomic mass is 9.76. The highest BCUT2D eigenvalue weighted by molar-refractivity contribution is 5.75. The summed E-state index contributed by atoms with van der Waals surface area (Å²) < 4.78 is 12.5. The minimum absolute atomic E-state index is 0.319. The minimum atomic E-state index is -0.734. The van der Waals surface area contributed by atoms with Crippen molar-refractivity contribution in [2.75, 3.05) is 18.6 Å². The van der Waals surface area contributed by atoms with Crippen LogP contribution in [0.4, 0.5) is 11.4 Å². The van der Waals surface area contributed by atoms with Crippen molar-refractivity contribution < 1.29 is 9.47 Å². The van der Waals surface area contributed by atoms with E-state index in [0.29, 0.717) is 17.2 Å². The first kappa shape index (κ1) is 20.3. The molecule has 0 fully saturated rings. The second-order valence-corrected chi connectivity index (χ2v) is 8.82. The van der Waals surface area contributed by atoms with Gasteiger partial charge in [-0.05, 0) is 60.9 Å². The van der Waals surface area contributed by atoms with Crippen molar-refractivity contribution in [3.05, 3.63) is 94.4 Å². The lowest BCUT2D eigenvalue weighted by molar-refractivity contribution is 0.0508. The number of fused-ring (bicyclic) bond motifs is 2. The molecule has 32 heavy (non-hydrogen) atoms. The Balaban J connectivity index is 1.62. The van der Waals surface area contributed by atoms with Gasteiger partial charge >= 0.3 is 0 Å². The van der Waals surface area contributed by atoms with Crippen molar-refractivity contribution in [3.8, 4) is 11.5 Å². The van der Waals surface area contributed by atoms with Gasteiger partial charge in [0.2, 0.25) is 5.72 Å². The first-order chi connectivity index (χ1) is 15.5. The van der Waals surface area contributed by atoms with Gasteiger partial charge in [0, 0.05) is 23.9 Å². The van der Waals surface area contributed by atoms with Gasteiger partial charge < -0.3 is 14.4 Å². The molecule has 1 atom stereocenters. The molecule has 2 aliphatic rings. The van der Waals surface area contributed by atoms with Crippen LogP contribution in [0.5, 0.6) is 11.5 Å². The third-order valence-electron chi connectivity index (χ3n) is 6.77. The van der Waals surface area contributed by atoms with E-state index < -0.39 is 5.72 Å². The van der Waals surface area contributed by atoms with Crippen molar-refractivity contribution in [2.45, 2.75) is 31.4 Å². The van der Waals surface area contributed by atoms with Crippen molar-refractivity contribution in [3.63, 3.8) is 0 Å². The fourth-order valence-corrected chi connectivity index (χ4v) is 5.04. The number of nitroso groups, excluding NO2 is 1. The van der Waals surface area contributed by atoms with Gasteiger partial charge in [0.05, 0.1) is 12.5 Å². The molecule has 5 heteroatoms. The Hall–Kier alpha value is -3.60. The Morgan fingerprint density at radius 3 is 2.53 bits per heavy atom. The van der Waals surface area contributed by atoms with E-state index >= 15 is 0 Å².